The lowest BCUT2D eigenvalue weighted by Crippen LogP contribution is -2.49. The van der Waals surface area contributed by atoms with Gasteiger partial charge in [-0.1, -0.05) is 11.6 Å². The number of halogens is 2. The number of piperidine rings is 1. The molecule has 4 rings (SSSR count). The van der Waals surface area contributed by atoms with E-state index in [0.29, 0.717) is 48.1 Å². The molecule has 0 N–H and O–H groups in total. The van der Waals surface area contributed by atoms with E-state index in [1.165, 1.54) is 24.3 Å². The average Bonchev–Trinajstić information content (AvgIpc) is 2.79. The molecule has 0 saturated carbocycles. The fraction of sp³-hybridized carbons (Fsp3) is 0.409. The summed E-state index contributed by atoms with van der Waals surface area (Å²) in [6, 6.07) is 7.28. The van der Waals surface area contributed by atoms with Gasteiger partial charge in [0.25, 0.3) is 11.8 Å². The molecule has 6 nitrogen and oxygen atoms in total. The normalized spacial score (nSPS) is 17.2. The van der Waals surface area contributed by atoms with Gasteiger partial charge in [-0.2, -0.15) is 0 Å². The Morgan fingerprint density at radius 3 is 2.07 bits per heavy atom. The molecule has 2 amide bonds. The minimum atomic E-state index is -0.362. The zero-order valence-electron chi connectivity index (χ0n) is 16.7. The third-order valence-electron chi connectivity index (χ3n) is 5.67. The van der Waals surface area contributed by atoms with Crippen LogP contribution < -0.4 is 4.90 Å². The molecular formula is C22H24ClFN4O2. The third kappa shape index (κ3) is 4.41. The lowest BCUT2D eigenvalue weighted by Gasteiger charge is -2.36. The number of carbonyl (C=O) groups is 2. The van der Waals surface area contributed by atoms with Crippen LogP contribution in [0.1, 0.15) is 40.0 Å². The van der Waals surface area contributed by atoms with Gasteiger partial charge in [-0.25, -0.2) is 9.37 Å². The Morgan fingerprint density at radius 2 is 1.43 bits per heavy atom. The summed E-state index contributed by atoms with van der Waals surface area (Å²) < 4.78 is 13.1. The number of hydrogen-bond donors (Lipinski definition) is 0. The number of likely N-dealkylation sites (tertiary alicyclic amines) is 1. The molecular weight excluding hydrogens is 407 g/mol. The van der Waals surface area contributed by atoms with Crippen LogP contribution in [-0.2, 0) is 0 Å². The van der Waals surface area contributed by atoms with Crippen LogP contribution in [0.5, 0.6) is 0 Å². The molecule has 1 aromatic carbocycles. The van der Waals surface area contributed by atoms with Gasteiger partial charge in [0.15, 0.2) is 0 Å². The molecule has 2 saturated heterocycles. The highest BCUT2D eigenvalue weighted by molar-refractivity contribution is 6.33. The van der Waals surface area contributed by atoms with Crippen molar-refractivity contribution in [2.45, 2.75) is 19.3 Å². The van der Waals surface area contributed by atoms with Gasteiger partial charge in [-0.3, -0.25) is 9.59 Å². The van der Waals surface area contributed by atoms with Gasteiger partial charge in [-0.15, -0.1) is 0 Å². The Balaban J connectivity index is 1.39. The highest BCUT2D eigenvalue weighted by Gasteiger charge is 2.25. The number of carbonyl (C=O) groups excluding carboxylic acids is 2. The lowest BCUT2D eigenvalue weighted by molar-refractivity contribution is 0.0721. The molecule has 2 fully saturated rings. The van der Waals surface area contributed by atoms with Crippen molar-refractivity contribution in [1.29, 1.82) is 0 Å². The first kappa shape index (κ1) is 20.6. The van der Waals surface area contributed by atoms with Crippen molar-refractivity contribution in [2.24, 2.45) is 0 Å². The Morgan fingerprint density at radius 1 is 0.833 bits per heavy atom. The average molecular weight is 431 g/mol. The number of aromatic nitrogens is 1. The summed E-state index contributed by atoms with van der Waals surface area (Å²) in [5.41, 5.74) is 0.984. The van der Waals surface area contributed by atoms with E-state index in [0.717, 1.165) is 32.4 Å². The van der Waals surface area contributed by atoms with E-state index in [2.05, 4.69) is 4.98 Å². The topological polar surface area (TPSA) is 56.8 Å². The summed E-state index contributed by atoms with van der Waals surface area (Å²) in [6.07, 6.45) is 4.82. The smallest absolute Gasteiger partial charge is 0.255 e. The van der Waals surface area contributed by atoms with Crippen LogP contribution in [0.3, 0.4) is 0 Å². The maximum Gasteiger partial charge on any atom is 0.255 e. The molecule has 0 aliphatic carbocycles. The van der Waals surface area contributed by atoms with Gasteiger partial charge in [0.05, 0.1) is 10.6 Å². The maximum absolute atomic E-state index is 13.1. The van der Waals surface area contributed by atoms with Crippen molar-refractivity contribution in [2.75, 3.05) is 44.2 Å². The summed E-state index contributed by atoms with van der Waals surface area (Å²) in [5.74, 6) is 0.126. The van der Waals surface area contributed by atoms with Crippen molar-refractivity contribution >= 4 is 29.2 Å². The summed E-state index contributed by atoms with van der Waals surface area (Å²) in [4.78, 5) is 35.3. The SMILES string of the molecule is O=C(c1cnc(N2CCN(C(=O)c3ccc(F)cc3)CC2)c(Cl)c1)N1CCCCC1. The third-order valence-corrected chi connectivity index (χ3v) is 5.95. The summed E-state index contributed by atoms with van der Waals surface area (Å²) in [5, 5.41) is 0.441. The van der Waals surface area contributed by atoms with Crippen molar-refractivity contribution in [3.63, 3.8) is 0 Å². The largest absolute Gasteiger partial charge is 0.352 e. The zero-order valence-corrected chi connectivity index (χ0v) is 17.4. The van der Waals surface area contributed by atoms with Gasteiger partial charge in [-0.05, 0) is 49.6 Å². The number of pyridine rings is 1. The number of amides is 2. The van der Waals surface area contributed by atoms with Crippen molar-refractivity contribution in [3.05, 3.63) is 58.5 Å². The molecule has 1 aromatic heterocycles. The standard InChI is InChI=1S/C22H24ClFN4O2/c23-19-14-17(22(30)27-8-2-1-3-9-27)15-25-20(19)26-10-12-28(13-11-26)21(29)16-4-6-18(24)7-5-16/h4-7,14-15H,1-3,8-13H2. The van der Waals surface area contributed by atoms with E-state index < -0.39 is 0 Å². The van der Waals surface area contributed by atoms with E-state index in [1.807, 2.05) is 9.80 Å². The number of rotatable bonds is 3. The number of nitrogens with zero attached hydrogens (tertiary/aromatic N) is 4. The van der Waals surface area contributed by atoms with E-state index in [4.69, 9.17) is 11.6 Å². The highest BCUT2D eigenvalue weighted by atomic mass is 35.5. The van der Waals surface area contributed by atoms with Crippen LogP contribution >= 0.6 is 11.6 Å². The molecule has 2 aromatic rings. The molecule has 2 aliphatic heterocycles. The first-order valence-electron chi connectivity index (χ1n) is 10.3. The van der Waals surface area contributed by atoms with Crippen molar-refractivity contribution in [1.82, 2.24) is 14.8 Å². The number of piperazine rings is 1. The van der Waals surface area contributed by atoms with E-state index in [-0.39, 0.29) is 17.6 Å². The quantitative estimate of drug-likeness (QED) is 0.748. The molecule has 0 unspecified atom stereocenters. The number of benzene rings is 1. The Hall–Kier alpha value is -2.67. The second-order valence-electron chi connectivity index (χ2n) is 7.67. The molecule has 0 radical (unpaired) electrons. The highest BCUT2D eigenvalue weighted by Crippen LogP contribution is 2.26. The number of anilines is 1. The Kier molecular flexibility index (Phi) is 6.18. The molecule has 8 heteroatoms. The maximum atomic E-state index is 13.1. The van der Waals surface area contributed by atoms with Crippen LogP contribution in [0.2, 0.25) is 5.02 Å². The molecule has 2 aliphatic rings. The predicted molar refractivity (Wildman–Crippen MR) is 114 cm³/mol. The minimum Gasteiger partial charge on any atom is -0.352 e. The monoisotopic (exact) mass is 430 g/mol. The molecule has 0 spiro atoms. The van der Waals surface area contributed by atoms with Crippen LogP contribution in [0, 0.1) is 5.82 Å². The Bertz CT molecular complexity index is 923. The van der Waals surface area contributed by atoms with Gasteiger partial charge in [0.2, 0.25) is 0 Å². The first-order valence-corrected chi connectivity index (χ1v) is 10.7. The zero-order chi connectivity index (χ0) is 21.1. The fourth-order valence-corrected chi connectivity index (χ4v) is 4.24. The molecule has 3 heterocycles. The van der Waals surface area contributed by atoms with E-state index in [1.54, 1.807) is 17.2 Å². The van der Waals surface area contributed by atoms with Crippen LogP contribution in [0.4, 0.5) is 10.2 Å². The second-order valence-corrected chi connectivity index (χ2v) is 8.08. The summed E-state index contributed by atoms with van der Waals surface area (Å²) in [6.45, 7) is 3.76. The van der Waals surface area contributed by atoms with Crippen LogP contribution in [0.25, 0.3) is 0 Å². The van der Waals surface area contributed by atoms with Gasteiger partial charge < -0.3 is 14.7 Å². The fourth-order valence-electron chi connectivity index (χ4n) is 3.96. The van der Waals surface area contributed by atoms with Gasteiger partial charge in [0.1, 0.15) is 11.6 Å². The Labute approximate surface area is 180 Å². The van der Waals surface area contributed by atoms with Crippen molar-refractivity contribution < 1.29 is 14.0 Å². The first-order chi connectivity index (χ1) is 14.5. The second kappa shape index (κ2) is 9.00. The summed E-state index contributed by atoms with van der Waals surface area (Å²) >= 11 is 6.46. The molecule has 30 heavy (non-hydrogen) atoms. The molecule has 0 bridgehead atoms. The number of hydrogen-bond acceptors (Lipinski definition) is 4. The molecule has 0 atom stereocenters. The van der Waals surface area contributed by atoms with Crippen molar-refractivity contribution in [3.8, 4) is 0 Å². The lowest BCUT2D eigenvalue weighted by atomic mass is 10.1. The van der Waals surface area contributed by atoms with Gasteiger partial charge >= 0.3 is 0 Å². The van der Waals surface area contributed by atoms with E-state index >= 15 is 0 Å². The van der Waals surface area contributed by atoms with Gasteiger partial charge in [0, 0.05) is 51.0 Å². The van der Waals surface area contributed by atoms with Crippen LogP contribution in [0.15, 0.2) is 36.5 Å². The predicted octanol–water partition coefficient (Wildman–Crippen LogP) is 3.46. The minimum absolute atomic E-state index is 0.0228. The molecule has 158 valence electrons. The summed E-state index contributed by atoms with van der Waals surface area (Å²) in [7, 11) is 0. The van der Waals surface area contributed by atoms with E-state index in [9.17, 15) is 14.0 Å². The van der Waals surface area contributed by atoms with Crippen LogP contribution in [-0.4, -0.2) is 65.9 Å².